The van der Waals surface area contributed by atoms with Gasteiger partial charge in [0.15, 0.2) is 0 Å². The molecule has 0 radical (unpaired) electrons. The topological polar surface area (TPSA) is 102 Å². The Morgan fingerprint density at radius 3 is 2.32 bits per heavy atom. The molecular formula is C25H24F3N7O3. The first-order valence-corrected chi connectivity index (χ1v) is 11.8. The van der Waals surface area contributed by atoms with Gasteiger partial charge < -0.3 is 19.1 Å². The Bertz CT molecular complexity index is 1410. The average Bonchev–Trinajstić information content (AvgIpc) is 3.51. The minimum absolute atomic E-state index is 0.0265. The number of benzene rings is 2. The van der Waals surface area contributed by atoms with Gasteiger partial charge in [0.05, 0.1) is 6.54 Å². The van der Waals surface area contributed by atoms with E-state index >= 15 is 0 Å². The van der Waals surface area contributed by atoms with Gasteiger partial charge in [0.1, 0.15) is 11.6 Å². The number of hydrogen-bond donors (Lipinski definition) is 0. The standard InChI is InChI=1S/C25H24F3N7O3/c1-16-29-22(23-30-21(32-38-23)18-7-9-20(10-8-18)37-25(26,27)28)31-35(16)15-17-3-5-19(6-4-17)24(36)34-13-11-33(2)12-14-34/h3-10H,11-15H2,1-2H3. The summed E-state index contributed by atoms with van der Waals surface area (Å²) in [5, 5.41) is 8.34. The second-order valence-corrected chi connectivity index (χ2v) is 8.93. The highest BCUT2D eigenvalue weighted by Gasteiger charge is 2.31. The quantitative estimate of drug-likeness (QED) is 0.375. The van der Waals surface area contributed by atoms with Crippen molar-refractivity contribution in [1.29, 1.82) is 0 Å². The zero-order valence-corrected chi connectivity index (χ0v) is 20.6. The van der Waals surface area contributed by atoms with Crippen LogP contribution in [-0.4, -0.2) is 80.2 Å². The van der Waals surface area contributed by atoms with E-state index in [-0.39, 0.29) is 29.2 Å². The van der Waals surface area contributed by atoms with Gasteiger partial charge in [-0.1, -0.05) is 17.3 Å². The number of aromatic nitrogens is 5. The Hall–Kier alpha value is -4.26. The predicted molar refractivity (Wildman–Crippen MR) is 129 cm³/mol. The Labute approximate surface area is 215 Å². The molecular weight excluding hydrogens is 503 g/mol. The third-order valence-electron chi connectivity index (χ3n) is 6.14. The summed E-state index contributed by atoms with van der Waals surface area (Å²) in [6.45, 7) is 5.37. The molecule has 10 nitrogen and oxygen atoms in total. The fourth-order valence-corrected chi connectivity index (χ4v) is 4.02. The highest BCUT2D eigenvalue weighted by atomic mass is 19.4. The number of rotatable bonds is 6. The van der Waals surface area contributed by atoms with Crippen molar-refractivity contribution in [1.82, 2.24) is 34.7 Å². The number of alkyl halides is 3. The van der Waals surface area contributed by atoms with Crippen molar-refractivity contribution in [3.05, 3.63) is 65.5 Å². The van der Waals surface area contributed by atoms with Crippen LogP contribution in [0.5, 0.6) is 5.75 Å². The summed E-state index contributed by atoms with van der Waals surface area (Å²) < 4.78 is 47.9. The van der Waals surface area contributed by atoms with Gasteiger partial charge in [-0.2, -0.15) is 4.98 Å². The maximum atomic E-state index is 12.8. The second kappa shape index (κ2) is 10.2. The van der Waals surface area contributed by atoms with E-state index in [2.05, 4.69) is 29.9 Å². The van der Waals surface area contributed by atoms with Crippen molar-refractivity contribution in [3.63, 3.8) is 0 Å². The van der Waals surface area contributed by atoms with Crippen molar-refractivity contribution in [2.45, 2.75) is 19.8 Å². The molecule has 4 aromatic rings. The zero-order chi connectivity index (χ0) is 26.9. The average molecular weight is 528 g/mol. The maximum absolute atomic E-state index is 12.8. The molecule has 0 saturated carbocycles. The summed E-state index contributed by atoms with van der Waals surface area (Å²) in [6, 6.07) is 12.5. The lowest BCUT2D eigenvalue weighted by atomic mass is 10.1. The number of nitrogens with zero attached hydrogens (tertiary/aromatic N) is 7. The second-order valence-electron chi connectivity index (χ2n) is 8.93. The van der Waals surface area contributed by atoms with Crippen molar-refractivity contribution < 1.29 is 27.2 Å². The number of carbonyl (C=O) groups is 1. The van der Waals surface area contributed by atoms with Gasteiger partial charge in [-0.25, -0.2) is 9.67 Å². The molecule has 0 unspecified atom stereocenters. The van der Waals surface area contributed by atoms with Crippen LogP contribution in [0.1, 0.15) is 21.7 Å². The maximum Gasteiger partial charge on any atom is 0.573 e. The van der Waals surface area contributed by atoms with Crippen LogP contribution >= 0.6 is 0 Å². The fraction of sp³-hybridized carbons (Fsp3) is 0.320. The van der Waals surface area contributed by atoms with Gasteiger partial charge in [-0.15, -0.1) is 18.3 Å². The first kappa shape index (κ1) is 25.4. The van der Waals surface area contributed by atoms with Crippen LogP contribution in [0, 0.1) is 6.92 Å². The van der Waals surface area contributed by atoms with Crippen LogP contribution in [0.15, 0.2) is 53.1 Å². The molecule has 1 fully saturated rings. The first-order chi connectivity index (χ1) is 18.1. The Morgan fingerprint density at radius 2 is 1.66 bits per heavy atom. The van der Waals surface area contributed by atoms with Gasteiger partial charge in [0.2, 0.25) is 11.6 Å². The predicted octanol–water partition coefficient (Wildman–Crippen LogP) is 3.64. The van der Waals surface area contributed by atoms with Crippen LogP contribution in [-0.2, 0) is 6.54 Å². The van der Waals surface area contributed by atoms with E-state index < -0.39 is 6.36 Å². The molecule has 2 aromatic carbocycles. The number of piperazine rings is 1. The molecule has 13 heteroatoms. The molecule has 1 aliphatic rings. The Morgan fingerprint density at radius 1 is 0.974 bits per heavy atom. The number of amides is 1. The van der Waals surface area contributed by atoms with E-state index in [9.17, 15) is 18.0 Å². The number of aryl methyl sites for hydroxylation is 1. The molecule has 0 atom stereocenters. The Kier molecular flexibility index (Phi) is 6.85. The number of halogens is 3. The lowest BCUT2D eigenvalue weighted by Gasteiger charge is -2.32. The lowest BCUT2D eigenvalue weighted by molar-refractivity contribution is -0.274. The largest absolute Gasteiger partial charge is 0.573 e. The van der Waals surface area contributed by atoms with Gasteiger partial charge >= 0.3 is 6.36 Å². The van der Waals surface area contributed by atoms with Crippen molar-refractivity contribution in [2.24, 2.45) is 0 Å². The summed E-state index contributed by atoms with van der Waals surface area (Å²) in [7, 11) is 2.05. The van der Waals surface area contributed by atoms with Gasteiger partial charge in [-0.3, -0.25) is 4.79 Å². The van der Waals surface area contributed by atoms with E-state index in [1.807, 2.05) is 36.2 Å². The first-order valence-electron chi connectivity index (χ1n) is 11.8. The summed E-state index contributed by atoms with van der Waals surface area (Å²) in [5.74, 6) is 0.765. The van der Waals surface area contributed by atoms with Gasteiger partial charge in [0, 0.05) is 37.3 Å². The van der Waals surface area contributed by atoms with E-state index in [4.69, 9.17) is 4.52 Å². The zero-order valence-electron chi connectivity index (χ0n) is 20.6. The number of hydrogen-bond acceptors (Lipinski definition) is 8. The van der Waals surface area contributed by atoms with E-state index in [1.165, 1.54) is 24.3 Å². The molecule has 0 N–H and O–H groups in total. The van der Waals surface area contributed by atoms with E-state index in [1.54, 1.807) is 11.6 Å². The van der Waals surface area contributed by atoms with Crippen molar-refractivity contribution in [3.8, 4) is 28.9 Å². The molecule has 0 bridgehead atoms. The van der Waals surface area contributed by atoms with E-state index in [0.29, 0.717) is 36.6 Å². The molecule has 198 valence electrons. The molecule has 1 saturated heterocycles. The molecule has 5 rings (SSSR count). The molecule has 0 aliphatic carbocycles. The highest BCUT2D eigenvalue weighted by Crippen LogP contribution is 2.26. The van der Waals surface area contributed by atoms with Crippen molar-refractivity contribution in [2.75, 3.05) is 33.2 Å². The third kappa shape index (κ3) is 5.83. The van der Waals surface area contributed by atoms with Gasteiger partial charge in [-0.05, 0) is 55.9 Å². The molecule has 38 heavy (non-hydrogen) atoms. The van der Waals surface area contributed by atoms with E-state index in [0.717, 1.165) is 18.7 Å². The van der Waals surface area contributed by atoms with Crippen LogP contribution in [0.3, 0.4) is 0 Å². The lowest BCUT2D eigenvalue weighted by Crippen LogP contribution is -2.47. The monoisotopic (exact) mass is 527 g/mol. The van der Waals surface area contributed by atoms with Crippen LogP contribution < -0.4 is 4.74 Å². The normalized spacial score (nSPS) is 14.6. The molecule has 1 aliphatic heterocycles. The van der Waals surface area contributed by atoms with Crippen LogP contribution in [0.25, 0.3) is 23.1 Å². The minimum Gasteiger partial charge on any atom is -0.406 e. The number of likely N-dealkylation sites (N-methyl/N-ethyl adjacent to an activating group) is 1. The summed E-state index contributed by atoms with van der Waals surface area (Å²) in [5.41, 5.74) is 2.02. The summed E-state index contributed by atoms with van der Waals surface area (Å²) in [4.78, 5) is 25.5. The van der Waals surface area contributed by atoms with Crippen LogP contribution in [0.4, 0.5) is 13.2 Å². The number of ether oxygens (including phenoxy) is 1. The van der Waals surface area contributed by atoms with Crippen molar-refractivity contribution >= 4 is 5.91 Å². The smallest absolute Gasteiger partial charge is 0.406 e. The SMILES string of the molecule is Cc1nc(-c2nc(-c3ccc(OC(F)(F)F)cc3)no2)nn1Cc1ccc(C(=O)N2CCN(C)CC2)cc1. The van der Waals surface area contributed by atoms with Gasteiger partial charge in [0.25, 0.3) is 11.8 Å². The fourth-order valence-electron chi connectivity index (χ4n) is 4.02. The van der Waals surface area contributed by atoms with Crippen LogP contribution in [0.2, 0.25) is 0 Å². The highest BCUT2D eigenvalue weighted by molar-refractivity contribution is 5.94. The molecule has 2 aromatic heterocycles. The Balaban J connectivity index is 1.25. The molecule has 0 spiro atoms. The summed E-state index contributed by atoms with van der Waals surface area (Å²) >= 11 is 0. The third-order valence-corrected chi connectivity index (χ3v) is 6.14. The molecule has 3 heterocycles. The number of carbonyl (C=O) groups excluding carboxylic acids is 1. The summed E-state index contributed by atoms with van der Waals surface area (Å²) in [6.07, 6.45) is -4.77. The minimum atomic E-state index is -4.77. The molecule has 1 amide bonds.